The van der Waals surface area contributed by atoms with E-state index in [9.17, 15) is 9.59 Å². The number of aromatic nitrogens is 2. The Kier molecular flexibility index (Phi) is 2.87. The van der Waals surface area contributed by atoms with E-state index in [0.29, 0.717) is 22.3 Å². The van der Waals surface area contributed by atoms with Gasteiger partial charge in [0.1, 0.15) is 5.75 Å². The number of H-pyrrole nitrogens is 1. The fourth-order valence-electron chi connectivity index (χ4n) is 2.15. The highest BCUT2D eigenvalue weighted by Crippen LogP contribution is 2.14. The molecule has 0 aliphatic carbocycles. The van der Waals surface area contributed by atoms with Crippen molar-refractivity contribution in [1.82, 2.24) is 9.55 Å². The summed E-state index contributed by atoms with van der Waals surface area (Å²) in [5.41, 5.74) is 0.183. The number of rotatable bonds is 2. The van der Waals surface area contributed by atoms with Crippen molar-refractivity contribution in [3.8, 4) is 11.4 Å². The number of fused-ring (bicyclic) bond motifs is 1. The average molecular weight is 268 g/mol. The van der Waals surface area contributed by atoms with Gasteiger partial charge in [0.2, 0.25) is 0 Å². The molecular formula is C15H12N2O3. The van der Waals surface area contributed by atoms with E-state index in [0.717, 1.165) is 4.57 Å². The lowest BCUT2D eigenvalue weighted by Crippen LogP contribution is -2.33. The van der Waals surface area contributed by atoms with Crippen LogP contribution in [0.5, 0.6) is 5.75 Å². The van der Waals surface area contributed by atoms with Gasteiger partial charge in [-0.25, -0.2) is 9.36 Å². The Bertz CT molecular complexity index is 893. The van der Waals surface area contributed by atoms with E-state index < -0.39 is 5.69 Å². The summed E-state index contributed by atoms with van der Waals surface area (Å²) in [6.07, 6.45) is 0. The number of methoxy groups -OCH3 is 1. The number of hydrogen-bond donors (Lipinski definition) is 1. The number of hydrogen-bond acceptors (Lipinski definition) is 3. The molecule has 3 aromatic rings. The summed E-state index contributed by atoms with van der Waals surface area (Å²) in [6, 6.07) is 13.7. The number of para-hydroxylation sites is 1. The SMILES string of the molecule is COc1cccc(-n2c(=O)[nH]c3ccccc3c2=O)c1. The first-order chi connectivity index (χ1) is 9.70. The van der Waals surface area contributed by atoms with Gasteiger partial charge in [0.25, 0.3) is 5.56 Å². The van der Waals surface area contributed by atoms with E-state index in [1.807, 2.05) is 0 Å². The fourth-order valence-corrected chi connectivity index (χ4v) is 2.15. The second-order valence-electron chi connectivity index (χ2n) is 4.32. The lowest BCUT2D eigenvalue weighted by molar-refractivity contribution is 0.414. The molecule has 20 heavy (non-hydrogen) atoms. The number of aromatic amines is 1. The van der Waals surface area contributed by atoms with Crippen LogP contribution in [0.4, 0.5) is 0 Å². The summed E-state index contributed by atoms with van der Waals surface area (Å²) in [5, 5.41) is 0.468. The van der Waals surface area contributed by atoms with Crippen LogP contribution in [0.15, 0.2) is 58.1 Å². The molecule has 1 aromatic heterocycles. The molecule has 100 valence electrons. The van der Waals surface area contributed by atoms with Crippen LogP contribution in [0, 0.1) is 0 Å². The summed E-state index contributed by atoms with van der Waals surface area (Å²) in [7, 11) is 1.53. The van der Waals surface area contributed by atoms with E-state index in [4.69, 9.17) is 4.74 Å². The molecule has 0 saturated heterocycles. The molecule has 0 aliphatic heterocycles. The summed E-state index contributed by atoms with van der Waals surface area (Å²) >= 11 is 0. The number of ether oxygens (including phenoxy) is 1. The van der Waals surface area contributed by atoms with E-state index in [1.54, 1.807) is 48.5 Å². The van der Waals surface area contributed by atoms with Crippen molar-refractivity contribution >= 4 is 10.9 Å². The van der Waals surface area contributed by atoms with Crippen LogP contribution in [-0.2, 0) is 0 Å². The Balaban J connectivity index is 2.36. The van der Waals surface area contributed by atoms with E-state index >= 15 is 0 Å². The minimum Gasteiger partial charge on any atom is -0.497 e. The third-order valence-electron chi connectivity index (χ3n) is 3.12. The summed E-state index contributed by atoms with van der Waals surface area (Å²) in [5.74, 6) is 0.585. The van der Waals surface area contributed by atoms with Gasteiger partial charge in [-0.1, -0.05) is 18.2 Å². The smallest absolute Gasteiger partial charge is 0.333 e. The van der Waals surface area contributed by atoms with Crippen LogP contribution in [0.1, 0.15) is 0 Å². The quantitative estimate of drug-likeness (QED) is 0.769. The van der Waals surface area contributed by atoms with Gasteiger partial charge in [-0.3, -0.25) is 4.79 Å². The molecule has 0 fully saturated rings. The van der Waals surface area contributed by atoms with E-state index in [-0.39, 0.29) is 5.56 Å². The minimum atomic E-state index is -0.470. The van der Waals surface area contributed by atoms with Gasteiger partial charge in [0.05, 0.1) is 23.7 Å². The van der Waals surface area contributed by atoms with Crippen molar-refractivity contribution in [1.29, 1.82) is 0 Å². The lowest BCUT2D eigenvalue weighted by atomic mass is 10.2. The highest BCUT2D eigenvalue weighted by atomic mass is 16.5. The first-order valence-corrected chi connectivity index (χ1v) is 6.09. The minimum absolute atomic E-state index is 0.349. The Morgan fingerprint density at radius 2 is 1.85 bits per heavy atom. The van der Waals surface area contributed by atoms with Crippen LogP contribution >= 0.6 is 0 Å². The van der Waals surface area contributed by atoms with Crippen LogP contribution in [-0.4, -0.2) is 16.7 Å². The molecule has 1 N–H and O–H groups in total. The molecule has 2 aromatic carbocycles. The molecular weight excluding hydrogens is 256 g/mol. The topological polar surface area (TPSA) is 64.1 Å². The second-order valence-corrected chi connectivity index (χ2v) is 4.32. The number of benzene rings is 2. The van der Waals surface area contributed by atoms with E-state index in [1.165, 1.54) is 7.11 Å². The third kappa shape index (κ3) is 1.89. The Labute approximate surface area is 114 Å². The maximum Gasteiger partial charge on any atom is 0.333 e. The van der Waals surface area contributed by atoms with Crippen molar-refractivity contribution in [3.63, 3.8) is 0 Å². The molecule has 0 radical (unpaired) electrons. The molecule has 0 spiro atoms. The first kappa shape index (κ1) is 12.2. The van der Waals surface area contributed by atoms with Crippen molar-refractivity contribution in [2.45, 2.75) is 0 Å². The lowest BCUT2D eigenvalue weighted by Gasteiger charge is -2.07. The van der Waals surface area contributed by atoms with Crippen LogP contribution in [0.2, 0.25) is 0 Å². The van der Waals surface area contributed by atoms with Gasteiger partial charge >= 0.3 is 5.69 Å². The van der Waals surface area contributed by atoms with Gasteiger partial charge in [-0.2, -0.15) is 0 Å². The monoisotopic (exact) mass is 268 g/mol. The number of nitrogens with one attached hydrogen (secondary N) is 1. The van der Waals surface area contributed by atoms with Crippen LogP contribution in [0.3, 0.4) is 0 Å². The predicted octanol–water partition coefficient (Wildman–Crippen LogP) is 1.69. The molecule has 3 rings (SSSR count). The van der Waals surface area contributed by atoms with Crippen molar-refractivity contribution in [2.24, 2.45) is 0 Å². The molecule has 0 bridgehead atoms. The molecule has 0 unspecified atom stereocenters. The average Bonchev–Trinajstić information content (AvgIpc) is 2.47. The summed E-state index contributed by atoms with van der Waals surface area (Å²) < 4.78 is 6.22. The summed E-state index contributed by atoms with van der Waals surface area (Å²) in [6.45, 7) is 0. The normalized spacial score (nSPS) is 10.7. The molecule has 5 nitrogen and oxygen atoms in total. The maximum absolute atomic E-state index is 12.5. The van der Waals surface area contributed by atoms with E-state index in [2.05, 4.69) is 4.98 Å². The molecule has 0 aliphatic rings. The summed E-state index contributed by atoms with van der Waals surface area (Å²) in [4.78, 5) is 27.3. The van der Waals surface area contributed by atoms with Gasteiger partial charge in [0, 0.05) is 6.07 Å². The Hall–Kier alpha value is -2.82. The largest absolute Gasteiger partial charge is 0.497 e. The Morgan fingerprint density at radius 3 is 2.65 bits per heavy atom. The van der Waals surface area contributed by atoms with Gasteiger partial charge in [0.15, 0.2) is 0 Å². The molecule has 0 amide bonds. The molecule has 0 saturated carbocycles. The fraction of sp³-hybridized carbons (Fsp3) is 0.0667. The van der Waals surface area contributed by atoms with Gasteiger partial charge < -0.3 is 9.72 Å². The van der Waals surface area contributed by atoms with Crippen molar-refractivity contribution < 1.29 is 4.74 Å². The zero-order valence-electron chi connectivity index (χ0n) is 10.8. The highest BCUT2D eigenvalue weighted by Gasteiger charge is 2.09. The Morgan fingerprint density at radius 1 is 1.05 bits per heavy atom. The maximum atomic E-state index is 12.5. The zero-order valence-corrected chi connectivity index (χ0v) is 10.8. The second kappa shape index (κ2) is 4.70. The first-order valence-electron chi connectivity index (χ1n) is 6.09. The number of nitrogens with zero attached hydrogens (tertiary/aromatic N) is 1. The molecule has 0 atom stereocenters. The third-order valence-corrected chi connectivity index (χ3v) is 3.12. The van der Waals surface area contributed by atoms with Crippen molar-refractivity contribution in [2.75, 3.05) is 7.11 Å². The van der Waals surface area contributed by atoms with Crippen LogP contribution < -0.4 is 16.0 Å². The molecule has 5 heteroatoms. The van der Waals surface area contributed by atoms with Gasteiger partial charge in [-0.15, -0.1) is 0 Å². The van der Waals surface area contributed by atoms with Gasteiger partial charge in [-0.05, 0) is 24.3 Å². The zero-order chi connectivity index (χ0) is 14.1. The van der Waals surface area contributed by atoms with Crippen molar-refractivity contribution in [3.05, 3.63) is 69.4 Å². The standard InChI is InChI=1S/C15H12N2O3/c1-20-11-6-4-5-10(9-11)17-14(18)12-7-2-3-8-13(12)16-15(17)19/h2-9H,1H3,(H,16,19). The molecule has 1 heterocycles. The highest BCUT2D eigenvalue weighted by molar-refractivity contribution is 5.77. The predicted molar refractivity (Wildman–Crippen MR) is 76.7 cm³/mol. The van der Waals surface area contributed by atoms with Crippen LogP contribution in [0.25, 0.3) is 16.6 Å².